The smallest absolute Gasteiger partial charge is 0.159 e. The highest BCUT2D eigenvalue weighted by Crippen LogP contribution is 2.13. The van der Waals surface area contributed by atoms with Crippen LogP contribution in [-0.4, -0.2) is 11.8 Å². The minimum absolute atomic E-state index is 0.268. The van der Waals surface area contributed by atoms with E-state index in [1.807, 2.05) is 44.2 Å². The van der Waals surface area contributed by atoms with Crippen LogP contribution >= 0.6 is 0 Å². The van der Waals surface area contributed by atoms with Crippen molar-refractivity contribution >= 4 is 5.71 Å². The Labute approximate surface area is 140 Å². The second kappa shape index (κ2) is 9.72. The van der Waals surface area contributed by atoms with Gasteiger partial charge in [0.15, 0.2) is 5.76 Å². The summed E-state index contributed by atoms with van der Waals surface area (Å²) in [6, 6.07) is 10.3. The first-order valence-corrected chi connectivity index (χ1v) is 8.07. The number of nitrogens with one attached hydrogen (secondary N) is 1. The molecule has 0 aliphatic heterocycles. The highest BCUT2D eigenvalue weighted by Gasteiger charge is 2.11. The molecule has 1 unspecified atom stereocenters. The predicted molar refractivity (Wildman–Crippen MR) is 97.9 cm³/mol. The molecule has 1 rings (SSSR count). The van der Waals surface area contributed by atoms with E-state index >= 15 is 0 Å². The van der Waals surface area contributed by atoms with Gasteiger partial charge in [-0.2, -0.15) is 0 Å². The van der Waals surface area contributed by atoms with E-state index in [9.17, 15) is 0 Å². The molecule has 0 aromatic heterocycles. The second-order valence-corrected chi connectivity index (χ2v) is 5.73. The van der Waals surface area contributed by atoms with Crippen LogP contribution < -0.4 is 11.1 Å². The quantitative estimate of drug-likeness (QED) is 0.532. The highest BCUT2D eigenvalue weighted by molar-refractivity contribution is 5.97. The Morgan fingerprint density at radius 2 is 1.96 bits per heavy atom. The number of hydrogen-bond acceptors (Lipinski definition) is 4. The van der Waals surface area contributed by atoms with Crippen molar-refractivity contribution in [2.24, 2.45) is 10.7 Å². The summed E-state index contributed by atoms with van der Waals surface area (Å²) in [6.07, 6.45) is 2.16. The molecule has 0 aliphatic carbocycles. The molecule has 23 heavy (non-hydrogen) atoms. The molecule has 1 atom stereocenters. The van der Waals surface area contributed by atoms with Crippen molar-refractivity contribution in [2.75, 3.05) is 0 Å². The normalized spacial score (nSPS) is 14.0. The average Bonchev–Trinajstić information content (AvgIpc) is 2.47. The van der Waals surface area contributed by atoms with Gasteiger partial charge in [-0.05, 0) is 32.8 Å². The van der Waals surface area contributed by atoms with Crippen LogP contribution in [-0.2, 0) is 11.3 Å². The van der Waals surface area contributed by atoms with Crippen LogP contribution in [0.4, 0.5) is 0 Å². The SMILES string of the molecule is C=C(N)NC(C)=C(OCc1ccccc1)C(C)=NC(C)CCC. The van der Waals surface area contributed by atoms with E-state index < -0.39 is 0 Å². The summed E-state index contributed by atoms with van der Waals surface area (Å²) in [5, 5.41) is 3.02. The number of hydrogen-bond donors (Lipinski definition) is 2. The minimum Gasteiger partial charge on any atom is -0.485 e. The van der Waals surface area contributed by atoms with E-state index in [-0.39, 0.29) is 6.04 Å². The fraction of sp³-hybridized carbons (Fsp3) is 0.421. The standard InChI is InChI=1S/C19H29N3O/c1-6-10-14(2)21-15(3)19(16(4)22-17(5)20)23-13-18-11-8-7-9-12-18/h7-9,11-12,14,22H,5-6,10,13,20H2,1-4H3. The van der Waals surface area contributed by atoms with Gasteiger partial charge in [-0.3, -0.25) is 4.99 Å². The van der Waals surface area contributed by atoms with Crippen LogP contribution in [0.25, 0.3) is 0 Å². The van der Waals surface area contributed by atoms with Crippen molar-refractivity contribution < 1.29 is 4.74 Å². The summed E-state index contributed by atoms with van der Waals surface area (Å²) in [7, 11) is 0. The predicted octanol–water partition coefficient (Wildman–Crippen LogP) is 4.10. The maximum Gasteiger partial charge on any atom is 0.159 e. The van der Waals surface area contributed by atoms with Crippen LogP contribution in [0.3, 0.4) is 0 Å². The summed E-state index contributed by atoms with van der Waals surface area (Å²) in [5.41, 5.74) is 8.45. The molecule has 0 aliphatic rings. The third-order valence-corrected chi connectivity index (χ3v) is 3.36. The Morgan fingerprint density at radius 1 is 1.30 bits per heavy atom. The topological polar surface area (TPSA) is 59.6 Å². The first-order valence-electron chi connectivity index (χ1n) is 8.07. The van der Waals surface area contributed by atoms with Crippen molar-refractivity contribution in [2.45, 2.75) is 53.2 Å². The Hall–Kier alpha value is -2.23. The first kappa shape index (κ1) is 18.8. The van der Waals surface area contributed by atoms with Crippen LogP contribution in [0.15, 0.2) is 59.2 Å². The number of nitrogens with two attached hydrogens (primary N) is 1. The Balaban J connectivity index is 2.95. The van der Waals surface area contributed by atoms with E-state index in [2.05, 4.69) is 25.7 Å². The summed E-state index contributed by atoms with van der Waals surface area (Å²) in [5.74, 6) is 1.11. The molecule has 0 radical (unpaired) electrons. The minimum atomic E-state index is 0.268. The maximum absolute atomic E-state index is 6.02. The molecular formula is C19H29N3O. The van der Waals surface area contributed by atoms with Gasteiger partial charge >= 0.3 is 0 Å². The number of benzene rings is 1. The second-order valence-electron chi connectivity index (χ2n) is 5.73. The van der Waals surface area contributed by atoms with Crippen molar-refractivity contribution in [1.82, 2.24) is 5.32 Å². The molecule has 0 saturated carbocycles. The number of nitrogens with zero attached hydrogens (tertiary/aromatic N) is 1. The lowest BCUT2D eigenvalue weighted by molar-refractivity contribution is 0.212. The number of aliphatic imine (C=N–C) groups is 1. The van der Waals surface area contributed by atoms with Gasteiger partial charge in [0.2, 0.25) is 0 Å². The molecule has 0 amide bonds. The van der Waals surface area contributed by atoms with Gasteiger partial charge in [-0.15, -0.1) is 0 Å². The molecule has 0 spiro atoms. The number of rotatable bonds is 9. The Kier molecular flexibility index (Phi) is 7.95. The van der Waals surface area contributed by atoms with E-state index in [0.717, 1.165) is 35.6 Å². The number of allylic oxidation sites excluding steroid dienone is 2. The zero-order valence-electron chi connectivity index (χ0n) is 14.7. The van der Waals surface area contributed by atoms with Crippen LogP contribution in [0.5, 0.6) is 0 Å². The van der Waals surface area contributed by atoms with Gasteiger partial charge in [0, 0.05) is 6.04 Å². The summed E-state index contributed by atoms with van der Waals surface area (Å²) in [4.78, 5) is 4.73. The summed E-state index contributed by atoms with van der Waals surface area (Å²) < 4.78 is 6.02. The van der Waals surface area contributed by atoms with Gasteiger partial charge in [-0.25, -0.2) is 0 Å². The molecule has 1 aromatic rings. The van der Waals surface area contributed by atoms with Crippen LogP contribution in [0, 0.1) is 0 Å². The van der Waals surface area contributed by atoms with Crippen molar-refractivity contribution in [3.8, 4) is 0 Å². The molecule has 0 saturated heterocycles. The monoisotopic (exact) mass is 315 g/mol. The molecule has 4 nitrogen and oxygen atoms in total. The lowest BCUT2D eigenvalue weighted by Crippen LogP contribution is -2.21. The van der Waals surface area contributed by atoms with Gasteiger partial charge in [-0.1, -0.05) is 50.3 Å². The molecule has 3 N–H and O–H groups in total. The van der Waals surface area contributed by atoms with Crippen molar-refractivity contribution in [3.05, 3.63) is 59.8 Å². The van der Waals surface area contributed by atoms with Crippen molar-refractivity contribution in [3.63, 3.8) is 0 Å². The third-order valence-electron chi connectivity index (χ3n) is 3.36. The Bertz CT molecular complexity index is 561. The van der Waals surface area contributed by atoms with E-state index in [0.29, 0.717) is 12.4 Å². The lowest BCUT2D eigenvalue weighted by atomic mass is 10.2. The molecule has 0 fully saturated rings. The number of ether oxygens (including phenoxy) is 1. The van der Waals surface area contributed by atoms with Gasteiger partial charge in [0.05, 0.1) is 17.2 Å². The maximum atomic E-state index is 6.02. The fourth-order valence-corrected chi connectivity index (χ4v) is 2.38. The molecule has 0 heterocycles. The zero-order chi connectivity index (χ0) is 17.2. The first-order chi connectivity index (χ1) is 10.9. The lowest BCUT2D eigenvalue weighted by Gasteiger charge is -2.17. The average molecular weight is 315 g/mol. The molecule has 4 heteroatoms. The summed E-state index contributed by atoms with van der Waals surface area (Å²) in [6.45, 7) is 12.3. The van der Waals surface area contributed by atoms with Crippen LogP contribution in [0.2, 0.25) is 0 Å². The van der Waals surface area contributed by atoms with Crippen LogP contribution in [0.1, 0.15) is 46.1 Å². The van der Waals surface area contributed by atoms with Crippen molar-refractivity contribution in [1.29, 1.82) is 0 Å². The Morgan fingerprint density at radius 3 is 2.52 bits per heavy atom. The zero-order valence-corrected chi connectivity index (χ0v) is 14.7. The van der Waals surface area contributed by atoms with E-state index in [1.165, 1.54) is 0 Å². The van der Waals surface area contributed by atoms with Gasteiger partial charge in [0.25, 0.3) is 0 Å². The largest absolute Gasteiger partial charge is 0.485 e. The fourth-order valence-electron chi connectivity index (χ4n) is 2.38. The molecular weight excluding hydrogens is 286 g/mol. The molecule has 1 aromatic carbocycles. The third kappa shape index (κ3) is 7.04. The van der Waals surface area contributed by atoms with Gasteiger partial charge < -0.3 is 15.8 Å². The van der Waals surface area contributed by atoms with E-state index in [1.54, 1.807) is 0 Å². The van der Waals surface area contributed by atoms with Gasteiger partial charge in [0.1, 0.15) is 6.61 Å². The van der Waals surface area contributed by atoms with E-state index in [4.69, 9.17) is 15.5 Å². The summed E-state index contributed by atoms with van der Waals surface area (Å²) >= 11 is 0. The highest BCUT2D eigenvalue weighted by atomic mass is 16.5. The molecule has 126 valence electrons. The molecule has 0 bridgehead atoms.